The molecule has 2 atom stereocenters. The van der Waals surface area contributed by atoms with Crippen LogP contribution in [0.4, 0.5) is 0 Å². The molecule has 0 radical (unpaired) electrons. The molecule has 0 amide bonds. The van der Waals surface area contributed by atoms with E-state index in [9.17, 15) is 16.8 Å². The SMILES string of the molecule is Cc1cccc(Cl)c1S(=O)(=O)N1CCS(=O)(=O)[C@H]2COCC[C@@H]21. The summed E-state index contributed by atoms with van der Waals surface area (Å²) in [5, 5.41) is -0.649. The van der Waals surface area contributed by atoms with E-state index in [-0.39, 0.29) is 28.8 Å². The molecule has 2 heterocycles. The van der Waals surface area contributed by atoms with Crippen molar-refractivity contribution in [1.29, 1.82) is 0 Å². The van der Waals surface area contributed by atoms with Crippen molar-refractivity contribution in [3.63, 3.8) is 0 Å². The van der Waals surface area contributed by atoms with Crippen molar-refractivity contribution >= 4 is 31.5 Å². The van der Waals surface area contributed by atoms with E-state index < -0.39 is 31.2 Å². The van der Waals surface area contributed by atoms with E-state index in [2.05, 4.69) is 0 Å². The zero-order valence-electron chi connectivity index (χ0n) is 12.6. The molecule has 2 aliphatic rings. The van der Waals surface area contributed by atoms with Gasteiger partial charge in [0.25, 0.3) is 0 Å². The van der Waals surface area contributed by atoms with Gasteiger partial charge in [0.05, 0.1) is 17.4 Å². The Morgan fingerprint density at radius 1 is 1.35 bits per heavy atom. The summed E-state index contributed by atoms with van der Waals surface area (Å²) in [6.07, 6.45) is 0.368. The van der Waals surface area contributed by atoms with Crippen molar-refractivity contribution < 1.29 is 21.6 Å². The first-order valence-electron chi connectivity index (χ1n) is 7.31. The van der Waals surface area contributed by atoms with Crippen LogP contribution in [0.15, 0.2) is 23.1 Å². The predicted molar refractivity (Wildman–Crippen MR) is 86.9 cm³/mol. The van der Waals surface area contributed by atoms with Gasteiger partial charge in [0.1, 0.15) is 10.1 Å². The lowest BCUT2D eigenvalue weighted by Gasteiger charge is -2.42. The van der Waals surface area contributed by atoms with Crippen molar-refractivity contribution in [2.24, 2.45) is 0 Å². The Balaban J connectivity index is 2.07. The Labute approximate surface area is 141 Å². The smallest absolute Gasteiger partial charge is 0.245 e. The van der Waals surface area contributed by atoms with Gasteiger partial charge in [-0.15, -0.1) is 0 Å². The normalized spacial score (nSPS) is 28.3. The van der Waals surface area contributed by atoms with Gasteiger partial charge in [-0.2, -0.15) is 4.31 Å². The van der Waals surface area contributed by atoms with Crippen molar-refractivity contribution in [2.75, 3.05) is 25.5 Å². The minimum atomic E-state index is -3.86. The van der Waals surface area contributed by atoms with Crippen LogP contribution in [0.1, 0.15) is 12.0 Å². The third kappa shape index (κ3) is 2.91. The maximum absolute atomic E-state index is 13.1. The summed E-state index contributed by atoms with van der Waals surface area (Å²) in [7, 11) is -7.21. The molecule has 0 bridgehead atoms. The molecule has 128 valence electrons. The maximum Gasteiger partial charge on any atom is 0.245 e. The van der Waals surface area contributed by atoms with Gasteiger partial charge in [0.15, 0.2) is 9.84 Å². The average molecular weight is 380 g/mol. The van der Waals surface area contributed by atoms with Crippen LogP contribution < -0.4 is 0 Å². The number of sulfone groups is 1. The van der Waals surface area contributed by atoms with Crippen LogP contribution in [0.25, 0.3) is 0 Å². The fraction of sp³-hybridized carbons (Fsp3) is 0.571. The number of benzene rings is 1. The quantitative estimate of drug-likeness (QED) is 0.771. The van der Waals surface area contributed by atoms with Crippen molar-refractivity contribution in [3.05, 3.63) is 28.8 Å². The molecule has 0 aliphatic carbocycles. The summed E-state index contributed by atoms with van der Waals surface area (Å²) in [6, 6.07) is 4.31. The first-order chi connectivity index (χ1) is 10.7. The lowest BCUT2D eigenvalue weighted by molar-refractivity contribution is 0.0590. The van der Waals surface area contributed by atoms with Crippen LogP contribution in [-0.4, -0.2) is 57.9 Å². The fourth-order valence-electron chi connectivity index (χ4n) is 3.27. The Morgan fingerprint density at radius 2 is 2.09 bits per heavy atom. The molecule has 0 saturated carbocycles. The molecule has 9 heteroatoms. The Hall–Kier alpha value is -0.670. The lowest BCUT2D eigenvalue weighted by Crippen LogP contribution is -2.60. The van der Waals surface area contributed by atoms with Gasteiger partial charge in [0.2, 0.25) is 10.0 Å². The van der Waals surface area contributed by atoms with E-state index in [1.165, 1.54) is 10.4 Å². The van der Waals surface area contributed by atoms with E-state index in [1.54, 1.807) is 19.1 Å². The molecule has 2 saturated heterocycles. The van der Waals surface area contributed by atoms with E-state index in [1.807, 2.05) is 0 Å². The number of hydrogen-bond donors (Lipinski definition) is 0. The molecule has 6 nitrogen and oxygen atoms in total. The highest BCUT2D eigenvalue weighted by Crippen LogP contribution is 2.34. The lowest BCUT2D eigenvalue weighted by atomic mass is 10.1. The average Bonchev–Trinajstić information content (AvgIpc) is 2.46. The molecular weight excluding hydrogens is 362 g/mol. The molecule has 2 fully saturated rings. The predicted octanol–water partition coefficient (Wildman–Crippen LogP) is 1.23. The maximum atomic E-state index is 13.1. The zero-order valence-corrected chi connectivity index (χ0v) is 15.0. The monoisotopic (exact) mass is 379 g/mol. The minimum absolute atomic E-state index is 0.0422. The molecule has 2 aliphatic heterocycles. The first kappa shape index (κ1) is 17.2. The molecule has 0 unspecified atom stereocenters. The van der Waals surface area contributed by atoms with Crippen LogP contribution in [0.3, 0.4) is 0 Å². The molecule has 0 spiro atoms. The number of hydrogen-bond acceptors (Lipinski definition) is 5. The van der Waals surface area contributed by atoms with Crippen LogP contribution >= 0.6 is 11.6 Å². The second-order valence-electron chi connectivity index (χ2n) is 5.84. The molecule has 0 N–H and O–H groups in total. The van der Waals surface area contributed by atoms with Crippen molar-refractivity contribution in [3.8, 4) is 0 Å². The fourth-order valence-corrected chi connectivity index (χ4v) is 7.76. The largest absolute Gasteiger partial charge is 0.380 e. The summed E-state index contributed by atoms with van der Waals surface area (Å²) in [5.41, 5.74) is 0.551. The number of nitrogens with zero attached hydrogens (tertiary/aromatic N) is 1. The van der Waals surface area contributed by atoms with Gasteiger partial charge >= 0.3 is 0 Å². The van der Waals surface area contributed by atoms with Gasteiger partial charge < -0.3 is 4.74 Å². The minimum Gasteiger partial charge on any atom is -0.380 e. The van der Waals surface area contributed by atoms with Gasteiger partial charge in [-0.1, -0.05) is 23.7 Å². The summed E-state index contributed by atoms with van der Waals surface area (Å²) in [4.78, 5) is 0.0613. The Kier molecular flexibility index (Phi) is 4.48. The van der Waals surface area contributed by atoms with E-state index in [0.29, 0.717) is 18.6 Å². The first-order valence-corrected chi connectivity index (χ1v) is 10.8. The summed E-state index contributed by atoms with van der Waals surface area (Å²) in [6.45, 7) is 2.03. The van der Waals surface area contributed by atoms with Crippen molar-refractivity contribution in [2.45, 2.75) is 29.5 Å². The van der Waals surface area contributed by atoms with E-state index in [0.717, 1.165) is 0 Å². The number of aryl methyl sites for hydroxylation is 1. The van der Waals surface area contributed by atoms with Crippen molar-refractivity contribution in [1.82, 2.24) is 4.31 Å². The standard InChI is InChI=1S/C14H18ClNO5S2/c1-10-3-2-4-11(15)14(10)23(19,20)16-6-8-22(17,18)13-9-21-7-5-12(13)16/h2-4,12-13H,5-9H2,1H3/t12-,13-/m0/s1. The van der Waals surface area contributed by atoms with Gasteiger partial charge in [-0.25, -0.2) is 16.8 Å². The zero-order chi connectivity index (χ0) is 16.8. The highest BCUT2D eigenvalue weighted by Gasteiger charge is 2.48. The van der Waals surface area contributed by atoms with E-state index >= 15 is 0 Å². The second kappa shape index (κ2) is 6.00. The van der Waals surface area contributed by atoms with Crippen LogP contribution in [-0.2, 0) is 24.6 Å². The highest BCUT2D eigenvalue weighted by atomic mass is 35.5. The van der Waals surface area contributed by atoms with E-state index in [4.69, 9.17) is 16.3 Å². The van der Waals surface area contributed by atoms with Gasteiger partial charge in [-0.3, -0.25) is 0 Å². The number of sulfonamides is 1. The number of fused-ring (bicyclic) bond motifs is 1. The summed E-state index contributed by atoms with van der Waals surface area (Å²) >= 11 is 6.12. The molecule has 1 aromatic rings. The molecule has 23 heavy (non-hydrogen) atoms. The van der Waals surface area contributed by atoms with Crippen LogP contribution in [0, 0.1) is 6.92 Å². The van der Waals surface area contributed by atoms with Crippen LogP contribution in [0.5, 0.6) is 0 Å². The molecular formula is C14H18ClNO5S2. The summed E-state index contributed by atoms with van der Waals surface area (Å²) < 4.78 is 57.2. The highest BCUT2D eigenvalue weighted by molar-refractivity contribution is 7.92. The Bertz CT molecular complexity index is 801. The van der Waals surface area contributed by atoms with Gasteiger partial charge in [0, 0.05) is 19.2 Å². The molecule has 3 rings (SSSR count). The molecule has 0 aromatic heterocycles. The van der Waals surface area contributed by atoms with Gasteiger partial charge in [-0.05, 0) is 25.0 Å². The molecule has 1 aromatic carbocycles. The number of rotatable bonds is 2. The summed E-state index contributed by atoms with van der Waals surface area (Å²) in [5.74, 6) is -0.194. The number of ether oxygens (including phenoxy) is 1. The second-order valence-corrected chi connectivity index (χ2v) is 10.4. The Morgan fingerprint density at radius 3 is 2.78 bits per heavy atom. The third-order valence-corrected chi connectivity index (χ3v) is 9.11. The topological polar surface area (TPSA) is 80.8 Å². The number of halogens is 1. The van der Waals surface area contributed by atoms with Crippen LogP contribution in [0.2, 0.25) is 5.02 Å². The third-order valence-electron chi connectivity index (χ3n) is 4.43.